The summed E-state index contributed by atoms with van der Waals surface area (Å²) in [5.41, 5.74) is -1.12. The number of hydrogen-bond acceptors (Lipinski definition) is 0. The summed E-state index contributed by atoms with van der Waals surface area (Å²) >= 11 is 0. The van der Waals surface area contributed by atoms with Gasteiger partial charge in [0.25, 0.3) is 0 Å². The molecule has 0 saturated heterocycles. The van der Waals surface area contributed by atoms with Crippen LogP contribution in [0, 0.1) is 5.92 Å². The van der Waals surface area contributed by atoms with Gasteiger partial charge in [-0.2, -0.15) is 39.5 Å². The van der Waals surface area contributed by atoms with E-state index < -0.39 is 35.9 Å². The Balaban J connectivity index is 3.43. The highest BCUT2D eigenvalue weighted by molar-refractivity contribution is 5.31. The van der Waals surface area contributed by atoms with Crippen LogP contribution in [0.25, 0.3) is 0 Å². The summed E-state index contributed by atoms with van der Waals surface area (Å²) in [7, 11) is 0. The van der Waals surface area contributed by atoms with Crippen LogP contribution >= 0.6 is 0 Å². The Morgan fingerprint density at radius 3 is 1.40 bits per heavy atom. The van der Waals surface area contributed by atoms with Crippen LogP contribution in [0.5, 0.6) is 0 Å². The summed E-state index contributed by atoms with van der Waals surface area (Å²) in [4.78, 5) is 0. The van der Waals surface area contributed by atoms with Gasteiger partial charge < -0.3 is 0 Å². The van der Waals surface area contributed by atoms with Crippen LogP contribution in [-0.4, -0.2) is 18.5 Å². The van der Waals surface area contributed by atoms with Gasteiger partial charge in [0.15, 0.2) is 0 Å². The van der Waals surface area contributed by atoms with Crippen molar-refractivity contribution in [1.82, 2.24) is 0 Å². The molecule has 0 spiro atoms. The van der Waals surface area contributed by atoms with Crippen molar-refractivity contribution in [3.05, 3.63) is 41.8 Å². The molecule has 1 aromatic carbocycles. The van der Waals surface area contributed by atoms with Gasteiger partial charge in [-0.25, -0.2) is 0 Å². The van der Waals surface area contributed by atoms with Crippen LogP contribution in [0.3, 0.4) is 0 Å². The molecule has 0 aromatic heterocycles. The molecule has 9 heteroatoms. The van der Waals surface area contributed by atoms with E-state index in [0.717, 1.165) is 12.1 Å². The van der Waals surface area contributed by atoms with E-state index in [-0.39, 0.29) is 0 Å². The topological polar surface area (TPSA) is 0 Å². The molecule has 0 aliphatic carbocycles. The van der Waals surface area contributed by atoms with E-state index in [1.165, 1.54) is 6.07 Å². The Labute approximate surface area is 107 Å². The molecule has 1 aromatic rings. The zero-order chi connectivity index (χ0) is 15.8. The molecule has 0 heterocycles. The predicted octanol–water partition coefficient (Wildman–Crippen LogP) is 5.03. The minimum Gasteiger partial charge on any atom is -0.170 e. The van der Waals surface area contributed by atoms with Gasteiger partial charge in [-0.3, -0.25) is 0 Å². The summed E-state index contributed by atoms with van der Waals surface area (Å²) in [6, 6.07) is 4.17. The molecule has 1 radical (unpaired) electrons. The van der Waals surface area contributed by atoms with Gasteiger partial charge in [-0.05, 0) is 5.56 Å². The van der Waals surface area contributed by atoms with Crippen LogP contribution < -0.4 is 0 Å². The summed E-state index contributed by atoms with van der Waals surface area (Å²) < 4.78 is 113. The molecule has 1 atom stereocenters. The average molecular weight is 309 g/mol. The van der Waals surface area contributed by atoms with Gasteiger partial charge >= 0.3 is 18.5 Å². The molecule has 0 amide bonds. The summed E-state index contributed by atoms with van der Waals surface area (Å²) in [5.74, 6) is -7.26. The maximum absolute atomic E-state index is 12.7. The Morgan fingerprint density at radius 1 is 0.700 bits per heavy atom. The third-order valence-corrected chi connectivity index (χ3v) is 2.36. The van der Waals surface area contributed by atoms with Gasteiger partial charge in [-0.1, -0.05) is 30.3 Å². The molecule has 1 rings (SSSR count). The highest BCUT2D eigenvalue weighted by Gasteiger charge is 2.67. The molecule has 0 fully saturated rings. The van der Waals surface area contributed by atoms with Gasteiger partial charge in [0.05, 0.1) is 0 Å². The first-order chi connectivity index (χ1) is 8.85. The molecule has 20 heavy (non-hydrogen) atoms. The van der Waals surface area contributed by atoms with E-state index in [2.05, 4.69) is 0 Å². The van der Waals surface area contributed by atoms with Crippen LogP contribution in [-0.2, 0) is 0 Å². The Bertz CT molecular complexity index is 412. The molecule has 0 aliphatic heterocycles. The van der Waals surface area contributed by atoms with E-state index >= 15 is 0 Å². The maximum atomic E-state index is 12.7. The van der Waals surface area contributed by atoms with Crippen LogP contribution in [0.4, 0.5) is 39.5 Å². The molecule has 113 valence electrons. The third kappa shape index (κ3) is 3.80. The summed E-state index contributed by atoms with van der Waals surface area (Å²) in [5, 5.41) is 0. The third-order valence-electron chi connectivity index (χ3n) is 2.36. The van der Waals surface area contributed by atoms with Crippen LogP contribution in [0.1, 0.15) is 11.5 Å². The monoisotopic (exact) mass is 309 g/mol. The first kappa shape index (κ1) is 16.6. The van der Waals surface area contributed by atoms with Crippen molar-refractivity contribution in [3.63, 3.8) is 0 Å². The fraction of sp³-hybridized carbons (Fsp3) is 0.364. The smallest absolute Gasteiger partial charge is 0.170 e. The van der Waals surface area contributed by atoms with E-state index in [1.54, 1.807) is 0 Å². The first-order valence-electron chi connectivity index (χ1n) is 4.98. The van der Waals surface area contributed by atoms with Gasteiger partial charge in [-0.15, -0.1) is 0 Å². The van der Waals surface area contributed by atoms with Crippen molar-refractivity contribution >= 4 is 0 Å². The fourth-order valence-electron chi connectivity index (χ4n) is 1.65. The quantitative estimate of drug-likeness (QED) is 0.672. The highest BCUT2D eigenvalue weighted by atomic mass is 19.4. The minimum absolute atomic E-state index is 0.565. The lowest BCUT2D eigenvalue weighted by Gasteiger charge is -2.31. The van der Waals surface area contributed by atoms with Crippen molar-refractivity contribution in [2.75, 3.05) is 0 Å². The highest BCUT2D eigenvalue weighted by Crippen LogP contribution is 2.54. The lowest BCUT2D eigenvalue weighted by atomic mass is 9.84. The minimum atomic E-state index is -6.14. The van der Waals surface area contributed by atoms with Gasteiger partial charge in [0.1, 0.15) is 5.92 Å². The lowest BCUT2D eigenvalue weighted by Crippen LogP contribution is -2.44. The van der Waals surface area contributed by atoms with E-state index in [0.29, 0.717) is 12.1 Å². The van der Waals surface area contributed by atoms with Gasteiger partial charge in [0, 0.05) is 0 Å². The number of rotatable bonds is 2. The van der Waals surface area contributed by atoms with Crippen molar-refractivity contribution in [1.29, 1.82) is 0 Å². The SMILES string of the molecule is FC(F)(F)[C](C(c1ccccc1)C(F)(F)F)C(F)(F)F. The molecule has 1 unspecified atom stereocenters. The molecular formula is C11H6F9. The van der Waals surface area contributed by atoms with Crippen LogP contribution in [0.2, 0.25) is 0 Å². The number of hydrogen-bond donors (Lipinski definition) is 0. The largest absolute Gasteiger partial charge is 0.405 e. The fourth-order valence-corrected chi connectivity index (χ4v) is 1.65. The molecule has 0 aliphatic rings. The molecule has 0 N–H and O–H groups in total. The zero-order valence-electron chi connectivity index (χ0n) is 9.37. The lowest BCUT2D eigenvalue weighted by molar-refractivity contribution is -0.242. The zero-order valence-corrected chi connectivity index (χ0v) is 9.37. The molecule has 0 nitrogen and oxygen atoms in total. The van der Waals surface area contributed by atoms with E-state index in [9.17, 15) is 39.5 Å². The molecule has 0 bridgehead atoms. The van der Waals surface area contributed by atoms with Crippen molar-refractivity contribution in [2.24, 2.45) is 0 Å². The van der Waals surface area contributed by atoms with E-state index in [1.807, 2.05) is 0 Å². The normalized spacial score (nSPS) is 15.5. The Hall–Kier alpha value is -1.41. The number of halogens is 9. The maximum Gasteiger partial charge on any atom is 0.405 e. The first-order valence-corrected chi connectivity index (χ1v) is 4.98. The Kier molecular flexibility index (Phi) is 4.31. The van der Waals surface area contributed by atoms with E-state index in [4.69, 9.17) is 0 Å². The van der Waals surface area contributed by atoms with Gasteiger partial charge in [0.2, 0.25) is 5.92 Å². The van der Waals surface area contributed by atoms with Crippen molar-refractivity contribution in [3.8, 4) is 0 Å². The summed E-state index contributed by atoms with van der Waals surface area (Å²) in [6.07, 6.45) is -18.0. The van der Waals surface area contributed by atoms with Crippen molar-refractivity contribution < 1.29 is 39.5 Å². The van der Waals surface area contributed by atoms with Crippen molar-refractivity contribution in [2.45, 2.75) is 24.4 Å². The number of alkyl halides is 9. The summed E-state index contributed by atoms with van der Waals surface area (Å²) in [6.45, 7) is 0. The second-order valence-corrected chi connectivity index (χ2v) is 3.79. The standard InChI is InChI=1S/C11H6F9/c12-9(13,14)7(6-4-2-1-3-5-6)8(10(15,16)17)11(18,19)20/h1-5,7H. The predicted molar refractivity (Wildman–Crippen MR) is 50.6 cm³/mol. The Morgan fingerprint density at radius 2 is 1.10 bits per heavy atom. The average Bonchev–Trinajstić information content (AvgIpc) is 2.21. The molecular weight excluding hydrogens is 303 g/mol. The number of benzene rings is 1. The second-order valence-electron chi connectivity index (χ2n) is 3.79. The second kappa shape index (κ2) is 5.17. The molecule has 0 saturated carbocycles. The van der Waals surface area contributed by atoms with Crippen LogP contribution in [0.15, 0.2) is 30.3 Å².